The third-order valence-electron chi connectivity index (χ3n) is 4.32. The monoisotopic (exact) mass is 389 g/mol. The molecule has 0 aliphatic carbocycles. The first-order valence-corrected chi connectivity index (χ1v) is 8.79. The molecule has 0 aromatic heterocycles. The van der Waals surface area contributed by atoms with Gasteiger partial charge >= 0.3 is 5.97 Å². The van der Waals surface area contributed by atoms with E-state index in [2.05, 4.69) is 29.8 Å². The van der Waals surface area contributed by atoms with E-state index in [1.54, 1.807) is 24.6 Å². The van der Waals surface area contributed by atoms with E-state index in [4.69, 9.17) is 4.74 Å². The molecular weight excluding hydrogens is 362 g/mol. The number of ether oxygens (including phenoxy) is 2. The summed E-state index contributed by atoms with van der Waals surface area (Å²) >= 11 is 0. The highest BCUT2D eigenvalue weighted by Gasteiger charge is 2.30. The molecule has 0 amide bonds. The second-order valence-electron chi connectivity index (χ2n) is 6.58. The first-order valence-electron chi connectivity index (χ1n) is 8.79. The fourth-order valence-corrected chi connectivity index (χ4v) is 2.45. The number of aliphatic imine (C=N–C) groups is 1. The van der Waals surface area contributed by atoms with Crippen LogP contribution in [0.25, 0.3) is 0 Å². The number of carbonyl (C=O) groups is 1. The zero-order chi connectivity index (χ0) is 21.0. The van der Waals surface area contributed by atoms with Gasteiger partial charge in [0.05, 0.1) is 25.0 Å². The molecule has 1 saturated heterocycles. The standard InChI is InChI=1S/C20H27N3O5/c1-5-7-18(8-9-19(24)27-4)28-15-20(3)10-12-22(13-11-20)16-21-14-17(6-2)23(25)26/h5-9,14,16H,1-2,10-13,15H2,3-4H3/b9-8+,17-14+,18-7+,21-16?. The fraction of sp³-hybridized carbons (Fsp3) is 0.400. The minimum absolute atomic E-state index is 0.0351. The van der Waals surface area contributed by atoms with Gasteiger partial charge in [-0.15, -0.1) is 0 Å². The van der Waals surface area contributed by atoms with E-state index in [0.717, 1.165) is 32.0 Å². The van der Waals surface area contributed by atoms with Gasteiger partial charge in [0, 0.05) is 30.7 Å². The Hall–Kier alpha value is -3.16. The minimum Gasteiger partial charge on any atom is -0.493 e. The van der Waals surface area contributed by atoms with Crippen LogP contribution in [0.3, 0.4) is 0 Å². The number of hydrogen-bond donors (Lipinski definition) is 0. The number of nitrogens with zero attached hydrogens (tertiary/aromatic N) is 3. The van der Waals surface area contributed by atoms with Crippen LogP contribution in [0.15, 0.2) is 66.2 Å². The molecule has 0 N–H and O–H groups in total. The molecule has 1 rings (SSSR count). The Morgan fingerprint density at radius 3 is 2.54 bits per heavy atom. The maximum absolute atomic E-state index is 11.2. The first kappa shape index (κ1) is 22.9. The number of esters is 1. The molecule has 0 aromatic carbocycles. The van der Waals surface area contributed by atoms with E-state index in [1.807, 2.05) is 4.90 Å². The van der Waals surface area contributed by atoms with Crippen LogP contribution in [0, 0.1) is 15.5 Å². The highest BCUT2D eigenvalue weighted by Crippen LogP contribution is 2.31. The Balaban J connectivity index is 2.58. The fourth-order valence-electron chi connectivity index (χ4n) is 2.45. The molecule has 0 saturated carbocycles. The van der Waals surface area contributed by atoms with Gasteiger partial charge in [-0.2, -0.15) is 0 Å². The van der Waals surface area contributed by atoms with Gasteiger partial charge in [-0.25, -0.2) is 9.79 Å². The number of carbonyl (C=O) groups excluding carboxylic acids is 1. The van der Waals surface area contributed by atoms with E-state index >= 15 is 0 Å². The van der Waals surface area contributed by atoms with Crippen LogP contribution in [0.1, 0.15) is 19.8 Å². The van der Waals surface area contributed by atoms with Gasteiger partial charge in [0.1, 0.15) is 12.0 Å². The van der Waals surface area contributed by atoms with Gasteiger partial charge in [0.25, 0.3) is 5.70 Å². The van der Waals surface area contributed by atoms with E-state index in [-0.39, 0.29) is 11.1 Å². The molecule has 152 valence electrons. The number of likely N-dealkylation sites (tertiary alicyclic amines) is 1. The van der Waals surface area contributed by atoms with Gasteiger partial charge in [-0.05, 0) is 25.0 Å². The van der Waals surface area contributed by atoms with Crippen molar-refractivity contribution in [2.24, 2.45) is 10.4 Å². The molecule has 1 fully saturated rings. The van der Waals surface area contributed by atoms with E-state index in [0.29, 0.717) is 12.4 Å². The minimum atomic E-state index is -0.530. The van der Waals surface area contributed by atoms with Gasteiger partial charge in [0.2, 0.25) is 0 Å². The number of hydrogen-bond acceptors (Lipinski definition) is 6. The van der Waals surface area contributed by atoms with Crippen molar-refractivity contribution in [2.45, 2.75) is 19.8 Å². The van der Waals surface area contributed by atoms with Crippen LogP contribution in [0.5, 0.6) is 0 Å². The second-order valence-corrected chi connectivity index (χ2v) is 6.58. The molecule has 0 atom stereocenters. The summed E-state index contributed by atoms with van der Waals surface area (Å²) in [6.45, 7) is 11.2. The Morgan fingerprint density at radius 1 is 1.32 bits per heavy atom. The zero-order valence-electron chi connectivity index (χ0n) is 16.4. The third kappa shape index (κ3) is 8.03. The van der Waals surface area contributed by atoms with Crippen LogP contribution < -0.4 is 0 Å². The van der Waals surface area contributed by atoms with Crippen LogP contribution in [-0.2, 0) is 14.3 Å². The summed E-state index contributed by atoms with van der Waals surface area (Å²) < 4.78 is 10.4. The average molecular weight is 389 g/mol. The lowest BCUT2D eigenvalue weighted by atomic mass is 9.81. The normalized spacial score (nSPS) is 17.6. The largest absolute Gasteiger partial charge is 0.493 e. The van der Waals surface area contributed by atoms with Crippen molar-refractivity contribution in [2.75, 3.05) is 26.8 Å². The second kappa shape index (κ2) is 11.5. The molecule has 0 radical (unpaired) electrons. The van der Waals surface area contributed by atoms with Crippen LogP contribution in [0.2, 0.25) is 0 Å². The predicted molar refractivity (Wildman–Crippen MR) is 108 cm³/mol. The maximum atomic E-state index is 11.2. The van der Waals surface area contributed by atoms with Crippen molar-refractivity contribution >= 4 is 12.3 Å². The highest BCUT2D eigenvalue weighted by atomic mass is 16.6. The summed E-state index contributed by atoms with van der Waals surface area (Å²) in [4.78, 5) is 27.4. The van der Waals surface area contributed by atoms with Crippen molar-refractivity contribution in [3.05, 3.63) is 71.3 Å². The summed E-state index contributed by atoms with van der Waals surface area (Å²) in [5, 5.41) is 10.7. The molecular formula is C20H27N3O5. The van der Waals surface area contributed by atoms with Crippen molar-refractivity contribution in [1.82, 2.24) is 4.90 Å². The van der Waals surface area contributed by atoms with Gasteiger partial charge < -0.3 is 14.4 Å². The van der Waals surface area contributed by atoms with Crippen molar-refractivity contribution < 1.29 is 19.2 Å². The third-order valence-corrected chi connectivity index (χ3v) is 4.32. The summed E-state index contributed by atoms with van der Waals surface area (Å²) in [5.41, 5.74) is -0.180. The Bertz CT molecular complexity index is 699. The topological polar surface area (TPSA) is 94.3 Å². The number of methoxy groups -OCH3 is 1. The Morgan fingerprint density at radius 2 is 2.00 bits per heavy atom. The predicted octanol–water partition coefficient (Wildman–Crippen LogP) is 3.24. The molecule has 8 nitrogen and oxygen atoms in total. The van der Waals surface area contributed by atoms with Crippen LogP contribution in [0.4, 0.5) is 0 Å². The molecule has 28 heavy (non-hydrogen) atoms. The maximum Gasteiger partial charge on any atom is 0.330 e. The lowest BCUT2D eigenvalue weighted by molar-refractivity contribution is -0.419. The lowest BCUT2D eigenvalue weighted by Gasteiger charge is -2.38. The average Bonchev–Trinajstić information content (AvgIpc) is 2.68. The molecule has 0 spiro atoms. The SMILES string of the molecule is C=C/C=C(\C=C\C(=O)OC)OCC1(C)CCN(C=N/C=C(\C=C)[N+](=O)[O-])CC1. The number of rotatable bonds is 10. The van der Waals surface area contributed by atoms with Crippen molar-refractivity contribution in [1.29, 1.82) is 0 Å². The van der Waals surface area contributed by atoms with Crippen molar-refractivity contribution in [3.8, 4) is 0 Å². The van der Waals surface area contributed by atoms with Crippen molar-refractivity contribution in [3.63, 3.8) is 0 Å². The molecule has 0 bridgehead atoms. The molecule has 1 aliphatic rings. The zero-order valence-corrected chi connectivity index (χ0v) is 16.4. The molecule has 8 heteroatoms. The van der Waals surface area contributed by atoms with Crippen LogP contribution in [-0.4, -0.2) is 48.9 Å². The molecule has 0 unspecified atom stereocenters. The highest BCUT2D eigenvalue weighted by molar-refractivity contribution is 5.82. The summed E-state index contributed by atoms with van der Waals surface area (Å²) in [5.74, 6) is 0.0793. The number of nitro groups is 1. The smallest absolute Gasteiger partial charge is 0.330 e. The summed E-state index contributed by atoms with van der Waals surface area (Å²) in [6, 6.07) is 0. The molecule has 1 aliphatic heterocycles. The Kier molecular flexibility index (Phi) is 9.42. The summed E-state index contributed by atoms with van der Waals surface area (Å²) in [7, 11) is 1.31. The summed E-state index contributed by atoms with van der Waals surface area (Å²) in [6.07, 6.45) is 11.8. The van der Waals surface area contributed by atoms with E-state index in [9.17, 15) is 14.9 Å². The molecule has 1 heterocycles. The molecule has 0 aromatic rings. The Labute approximate surface area is 165 Å². The van der Waals surface area contributed by atoms with Crippen LogP contribution >= 0.6 is 0 Å². The van der Waals surface area contributed by atoms with Gasteiger partial charge in [0.15, 0.2) is 0 Å². The quantitative estimate of drug-likeness (QED) is 0.0832. The first-order chi connectivity index (χ1) is 13.3. The van der Waals surface area contributed by atoms with E-state index < -0.39 is 10.9 Å². The van der Waals surface area contributed by atoms with Gasteiger partial charge in [-0.1, -0.05) is 26.2 Å². The number of allylic oxidation sites excluding steroid dienone is 4. The number of piperidine rings is 1. The van der Waals surface area contributed by atoms with Gasteiger partial charge in [-0.3, -0.25) is 10.1 Å². The van der Waals surface area contributed by atoms with E-state index in [1.165, 1.54) is 19.4 Å². The lowest BCUT2D eigenvalue weighted by Crippen LogP contribution is -2.40.